The molecule has 2 aromatic rings. The van der Waals surface area contributed by atoms with Crippen LogP contribution in [0, 0.1) is 0 Å². The molecule has 0 aromatic heterocycles. The molecule has 0 saturated carbocycles. The summed E-state index contributed by atoms with van der Waals surface area (Å²) >= 11 is 0. The third-order valence-corrected chi connectivity index (χ3v) is 8.97. The number of hydrogen-bond acceptors (Lipinski definition) is 6. The highest BCUT2D eigenvalue weighted by Crippen LogP contribution is 2.32. The maximum Gasteiger partial charge on any atom is 0.252 e. The standard InChI is InChI=1S/C19H22N2O6S2/c1-27-17-8-7-15(13-16(17)19(20)22)29(25,26)21-10-9-18(28(23,24)12-11-21)14-5-3-2-4-6-14/h2-8,13,18H,9-12H2,1H3,(H2,20,22)/t18-/m0/s1. The fraction of sp³-hybridized carbons (Fsp3) is 0.316. The number of carbonyl (C=O) groups is 1. The van der Waals surface area contributed by atoms with E-state index in [-0.39, 0.29) is 41.5 Å². The highest BCUT2D eigenvalue weighted by molar-refractivity contribution is 7.92. The predicted octanol–water partition coefficient (Wildman–Crippen LogP) is 1.34. The minimum Gasteiger partial charge on any atom is -0.496 e. The lowest BCUT2D eigenvalue weighted by Gasteiger charge is -2.20. The van der Waals surface area contributed by atoms with Crippen molar-refractivity contribution in [3.63, 3.8) is 0 Å². The van der Waals surface area contributed by atoms with E-state index in [1.807, 2.05) is 0 Å². The Morgan fingerprint density at radius 3 is 2.45 bits per heavy atom. The van der Waals surface area contributed by atoms with Crippen LogP contribution in [0.1, 0.15) is 27.6 Å². The van der Waals surface area contributed by atoms with Gasteiger partial charge in [0.05, 0.1) is 28.6 Å². The number of carbonyl (C=O) groups excluding carboxylic acids is 1. The molecule has 0 aliphatic carbocycles. The molecule has 8 nitrogen and oxygen atoms in total. The van der Waals surface area contributed by atoms with Gasteiger partial charge in [0.2, 0.25) is 10.0 Å². The van der Waals surface area contributed by atoms with Gasteiger partial charge in [-0.2, -0.15) is 4.31 Å². The first-order chi connectivity index (χ1) is 13.7. The number of benzene rings is 2. The van der Waals surface area contributed by atoms with Crippen molar-refractivity contribution in [1.29, 1.82) is 0 Å². The monoisotopic (exact) mass is 438 g/mol. The molecule has 156 valence electrons. The summed E-state index contributed by atoms with van der Waals surface area (Å²) in [7, 11) is -6.19. The van der Waals surface area contributed by atoms with Crippen LogP contribution in [0.4, 0.5) is 0 Å². The van der Waals surface area contributed by atoms with Gasteiger partial charge in [-0.1, -0.05) is 30.3 Å². The first-order valence-corrected chi connectivity index (χ1v) is 12.1. The molecule has 1 aliphatic heterocycles. The number of nitrogens with zero attached hydrogens (tertiary/aromatic N) is 1. The molecule has 10 heteroatoms. The van der Waals surface area contributed by atoms with E-state index in [1.165, 1.54) is 19.2 Å². The number of nitrogens with two attached hydrogens (primary N) is 1. The van der Waals surface area contributed by atoms with Gasteiger partial charge in [0.1, 0.15) is 5.75 Å². The van der Waals surface area contributed by atoms with E-state index in [0.717, 1.165) is 10.4 Å². The Hall–Kier alpha value is -2.43. The number of hydrogen-bond donors (Lipinski definition) is 1. The zero-order valence-corrected chi connectivity index (χ0v) is 17.4. The van der Waals surface area contributed by atoms with Crippen molar-refractivity contribution in [2.75, 3.05) is 26.0 Å². The summed E-state index contributed by atoms with van der Waals surface area (Å²) in [5, 5.41) is -0.763. The molecule has 0 spiro atoms. The van der Waals surface area contributed by atoms with Crippen LogP contribution < -0.4 is 10.5 Å². The average Bonchev–Trinajstić information content (AvgIpc) is 2.86. The summed E-state index contributed by atoms with van der Waals surface area (Å²) in [6, 6.07) is 12.6. The third-order valence-electron chi connectivity index (χ3n) is 4.94. The van der Waals surface area contributed by atoms with E-state index in [0.29, 0.717) is 5.56 Å². The second-order valence-electron chi connectivity index (χ2n) is 6.69. The first kappa shape index (κ1) is 21.3. The molecule has 1 fully saturated rings. The Kier molecular flexibility index (Phi) is 5.97. The molecule has 2 N–H and O–H groups in total. The number of amides is 1. The highest BCUT2D eigenvalue weighted by Gasteiger charge is 2.35. The lowest BCUT2D eigenvalue weighted by atomic mass is 10.1. The lowest BCUT2D eigenvalue weighted by molar-refractivity contribution is 0.0997. The molecule has 1 aliphatic rings. The number of sulfone groups is 1. The molecule has 1 saturated heterocycles. The zero-order chi connectivity index (χ0) is 21.2. The SMILES string of the molecule is COc1ccc(S(=O)(=O)N2CC[C@@H](c3ccccc3)S(=O)(=O)CC2)cc1C(N)=O. The summed E-state index contributed by atoms with van der Waals surface area (Å²) in [5.41, 5.74) is 5.91. The minimum atomic E-state index is -4.02. The summed E-state index contributed by atoms with van der Waals surface area (Å²) in [6.45, 7) is -0.120. The molecule has 0 bridgehead atoms. The van der Waals surface area contributed by atoms with Gasteiger partial charge in [-0.25, -0.2) is 16.8 Å². The number of ether oxygens (including phenoxy) is 1. The van der Waals surface area contributed by atoms with Crippen molar-refractivity contribution in [1.82, 2.24) is 4.31 Å². The summed E-state index contributed by atoms with van der Waals surface area (Å²) in [6.07, 6.45) is 0.143. The van der Waals surface area contributed by atoms with Crippen LogP contribution >= 0.6 is 0 Å². The van der Waals surface area contributed by atoms with E-state index in [9.17, 15) is 21.6 Å². The molecule has 0 unspecified atom stereocenters. The Bertz CT molecular complexity index is 1110. The molecule has 29 heavy (non-hydrogen) atoms. The molecule has 0 radical (unpaired) electrons. The van der Waals surface area contributed by atoms with Crippen molar-refractivity contribution in [3.05, 3.63) is 59.7 Å². The van der Waals surface area contributed by atoms with Gasteiger partial charge in [-0.05, 0) is 30.2 Å². The smallest absolute Gasteiger partial charge is 0.252 e. The Balaban J connectivity index is 1.93. The molecule has 3 rings (SSSR count). The molecule has 1 heterocycles. The van der Waals surface area contributed by atoms with Crippen LogP contribution in [-0.4, -0.2) is 53.0 Å². The summed E-state index contributed by atoms with van der Waals surface area (Å²) in [4.78, 5) is 11.5. The van der Waals surface area contributed by atoms with E-state index in [1.54, 1.807) is 30.3 Å². The van der Waals surface area contributed by atoms with E-state index in [4.69, 9.17) is 10.5 Å². The van der Waals surface area contributed by atoms with Gasteiger partial charge >= 0.3 is 0 Å². The van der Waals surface area contributed by atoms with Crippen molar-refractivity contribution in [2.24, 2.45) is 5.73 Å². The van der Waals surface area contributed by atoms with Gasteiger partial charge in [-0.3, -0.25) is 4.79 Å². The van der Waals surface area contributed by atoms with Gasteiger partial charge in [0.25, 0.3) is 5.91 Å². The second kappa shape index (κ2) is 8.13. The molecular weight excluding hydrogens is 416 g/mol. The summed E-state index contributed by atoms with van der Waals surface area (Å²) < 4.78 is 57.9. The predicted molar refractivity (Wildman–Crippen MR) is 108 cm³/mol. The van der Waals surface area contributed by atoms with Crippen LogP contribution in [0.25, 0.3) is 0 Å². The quantitative estimate of drug-likeness (QED) is 0.751. The zero-order valence-electron chi connectivity index (χ0n) is 15.8. The highest BCUT2D eigenvalue weighted by atomic mass is 32.2. The van der Waals surface area contributed by atoms with Crippen LogP contribution in [0.5, 0.6) is 5.75 Å². The third kappa shape index (κ3) is 4.29. The van der Waals surface area contributed by atoms with Gasteiger partial charge in [0.15, 0.2) is 9.84 Å². The first-order valence-electron chi connectivity index (χ1n) is 8.91. The van der Waals surface area contributed by atoms with Crippen LogP contribution in [0.15, 0.2) is 53.4 Å². The maximum absolute atomic E-state index is 13.1. The van der Waals surface area contributed by atoms with Gasteiger partial charge < -0.3 is 10.5 Å². The molecule has 2 aromatic carbocycles. The van der Waals surface area contributed by atoms with Crippen LogP contribution in [0.3, 0.4) is 0 Å². The number of sulfonamides is 1. The number of primary amides is 1. The molecule has 1 amide bonds. The normalized spacial score (nSPS) is 20.0. The fourth-order valence-corrected chi connectivity index (χ4v) is 6.79. The number of methoxy groups -OCH3 is 1. The Morgan fingerprint density at radius 2 is 1.83 bits per heavy atom. The van der Waals surface area contributed by atoms with Crippen molar-refractivity contribution in [3.8, 4) is 5.75 Å². The van der Waals surface area contributed by atoms with Gasteiger partial charge in [-0.15, -0.1) is 0 Å². The van der Waals surface area contributed by atoms with Crippen LogP contribution in [-0.2, 0) is 19.9 Å². The lowest BCUT2D eigenvalue weighted by Crippen LogP contribution is -2.33. The average molecular weight is 439 g/mol. The maximum atomic E-state index is 13.1. The summed E-state index contributed by atoms with van der Waals surface area (Å²) in [5.74, 6) is -0.939. The van der Waals surface area contributed by atoms with Crippen LogP contribution in [0.2, 0.25) is 0 Å². The topological polar surface area (TPSA) is 124 Å². The fourth-order valence-electron chi connectivity index (χ4n) is 3.40. The minimum absolute atomic E-state index is 0.0407. The Labute approximate surface area is 170 Å². The van der Waals surface area contributed by atoms with E-state index < -0.39 is 31.0 Å². The van der Waals surface area contributed by atoms with E-state index in [2.05, 4.69) is 0 Å². The second-order valence-corrected chi connectivity index (χ2v) is 10.9. The van der Waals surface area contributed by atoms with Crippen molar-refractivity contribution < 1.29 is 26.4 Å². The molecule has 1 atom stereocenters. The van der Waals surface area contributed by atoms with Gasteiger partial charge in [0, 0.05) is 13.1 Å². The number of rotatable bonds is 5. The van der Waals surface area contributed by atoms with E-state index >= 15 is 0 Å². The van der Waals surface area contributed by atoms with Crippen molar-refractivity contribution in [2.45, 2.75) is 16.6 Å². The molecular formula is C19H22N2O6S2. The Morgan fingerprint density at radius 1 is 1.14 bits per heavy atom. The largest absolute Gasteiger partial charge is 0.496 e. The van der Waals surface area contributed by atoms with Crippen molar-refractivity contribution >= 4 is 25.8 Å².